The van der Waals surface area contributed by atoms with Gasteiger partial charge in [0, 0.05) is 24.7 Å². The number of primary amides is 1. The predicted molar refractivity (Wildman–Crippen MR) is 134 cm³/mol. The first-order chi connectivity index (χ1) is 17.9. The molecule has 1 aromatic carbocycles. The van der Waals surface area contributed by atoms with Crippen molar-refractivity contribution in [3.05, 3.63) is 48.0 Å². The van der Waals surface area contributed by atoms with Crippen LogP contribution in [0.1, 0.15) is 31.5 Å². The minimum atomic E-state index is -1.50. The number of carboxylic acid groups (broad SMARTS) is 1. The fourth-order valence-corrected chi connectivity index (χ4v) is 3.53. The van der Waals surface area contributed by atoms with Gasteiger partial charge in [0.05, 0.1) is 18.8 Å². The van der Waals surface area contributed by atoms with E-state index < -0.39 is 66.1 Å². The van der Waals surface area contributed by atoms with Gasteiger partial charge in [-0.2, -0.15) is 0 Å². The van der Waals surface area contributed by atoms with Crippen LogP contribution in [0, 0.1) is 5.92 Å². The number of nitrogens with one attached hydrogen (secondary N) is 4. The third-order valence-electron chi connectivity index (χ3n) is 5.61. The third kappa shape index (κ3) is 9.20. The maximum absolute atomic E-state index is 13.0. The Morgan fingerprint density at radius 1 is 0.947 bits per heavy atom. The molecule has 0 saturated carbocycles. The van der Waals surface area contributed by atoms with Gasteiger partial charge in [-0.1, -0.05) is 26.0 Å². The lowest BCUT2D eigenvalue weighted by molar-refractivity contribution is -0.142. The molecule has 4 atom stereocenters. The lowest BCUT2D eigenvalue weighted by atomic mass is 10.0. The number of imidazole rings is 1. The number of phenols is 1. The zero-order valence-corrected chi connectivity index (χ0v) is 21.0. The van der Waals surface area contributed by atoms with Crippen molar-refractivity contribution in [1.29, 1.82) is 0 Å². The van der Waals surface area contributed by atoms with Crippen LogP contribution in [0.2, 0.25) is 0 Å². The molecule has 0 spiro atoms. The number of rotatable bonds is 14. The number of hydrogen-bond donors (Lipinski definition) is 8. The topological polar surface area (TPSA) is 243 Å². The van der Waals surface area contributed by atoms with Gasteiger partial charge in [0.25, 0.3) is 0 Å². The van der Waals surface area contributed by atoms with Crippen LogP contribution in [-0.4, -0.2) is 73.9 Å². The van der Waals surface area contributed by atoms with E-state index in [9.17, 15) is 34.2 Å². The van der Waals surface area contributed by atoms with E-state index in [2.05, 4.69) is 25.9 Å². The zero-order valence-electron chi connectivity index (χ0n) is 21.0. The van der Waals surface area contributed by atoms with Crippen molar-refractivity contribution in [3.8, 4) is 5.75 Å². The highest BCUT2D eigenvalue weighted by Gasteiger charge is 2.32. The molecule has 38 heavy (non-hydrogen) atoms. The number of aromatic amines is 1. The average molecular weight is 532 g/mol. The number of hydrogen-bond acceptors (Lipinski definition) is 8. The highest BCUT2D eigenvalue weighted by molar-refractivity contribution is 5.96. The summed E-state index contributed by atoms with van der Waals surface area (Å²) in [6.45, 7) is 3.32. The number of nitrogens with two attached hydrogens (primary N) is 2. The van der Waals surface area contributed by atoms with Crippen molar-refractivity contribution in [3.63, 3.8) is 0 Å². The van der Waals surface area contributed by atoms with E-state index in [1.54, 1.807) is 13.8 Å². The molecule has 14 nitrogen and oxygen atoms in total. The van der Waals surface area contributed by atoms with Gasteiger partial charge in [0.2, 0.25) is 23.6 Å². The molecule has 0 fully saturated rings. The number of aromatic hydroxyl groups is 1. The Bertz CT molecular complexity index is 1120. The van der Waals surface area contributed by atoms with E-state index in [0.29, 0.717) is 11.3 Å². The van der Waals surface area contributed by atoms with Gasteiger partial charge in [-0.3, -0.25) is 19.2 Å². The van der Waals surface area contributed by atoms with Crippen LogP contribution in [0.3, 0.4) is 0 Å². The van der Waals surface area contributed by atoms with Gasteiger partial charge in [0.15, 0.2) is 0 Å². The van der Waals surface area contributed by atoms with Crippen molar-refractivity contribution in [2.24, 2.45) is 17.4 Å². The number of carbonyl (C=O) groups excluding carboxylic acids is 4. The van der Waals surface area contributed by atoms with Gasteiger partial charge in [-0.15, -0.1) is 0 Å². The Kier molecular flexibility index (Phi) is 10.8. The van der Waals surface area contributed by atoms with Crippen LogP contribution in [0.25, 0.3) is 0 Å². The fraction of sp³-hybridized carbons (Fsp3) is 0.417. The molecule has 1 heterocycles. The summed E-state index contributed by atoms with van der Waals surface area (Å²) >= 11 is 0. The molecule has 4 amide bonds. The van der Waals surface area contributed by atoms with Gasteiger partial charge in [0.1, 0.15) is 23.9 Å². The molecular weight excluding hydrogens is 498 g/mol. The summed E-state index contributed by atoms with van der Waals surface area (Å²) < 4.78 is 0. The summed E-state index contributed by atoms with van der Waals surface area (Å²) in [7, 11) is 0. The van der Waals surface area contributed by atoms with E-state index in [1.165, 1.54) is 36.8 Å². The normalized spacial score (nSPS) is 14.1. The van der Waals surface area contributed by atoms with E-state index in [1.807, 2.05) is 0 Å². The van der Waals surface area contributed by atoms with Gasteiger partial charge in [-0.25, -0.2) is 9.78 Å². The second-order valence-electron chi connectivity index (χ2n) is 9.12. The monoisotopic (exact) mass is 531 g/mol. The molecule has 14 heteroatoms. The SMILES string of the molecule is CC(C)C(NC(=O)C(N)Cc1cnc[nH]1)C(=O)NC(CC(N)=O)C(=O)NC(Cc1ccc(O)cc1)C(=O)O. The van der Waals surface area contributed by atoms with Gasteiger partial charge in [-0.05, 0) is 23.6 Å². The second-order valence-corrected chi connectivity index (χ2v) is 9.12. The number of aromatic nitrogens is 2. The van der Waals surface area contributed by atoms with E-state index >= 15 is 0 Å². The average Bonchev–Trinajstić information content (AvgIpc) is 3.35. The highest BCUT2D eigenvalue weighted by atomic mass is 16.4. The Morgan fingerprint density at radius 3 is 2.11 bits per heavy atom. The number of phenolic OH excluding ortho intramolecular Hbond substituents is 1. The minimum absolute atomic E-state index is 0.0112. The Labute approximate surface area is 218 Å². The Morgan fingerprint density at radius 2 is 1.58 bits per heavy atom. The first-order valence-corrected chi connectivity index (χ1v) is 11.8. The van der Waals surface area contributed by atoms with Crippen LogP contribution in [0.15, 0.2) is 36.8 Å². The fourth-order valence-electron chi connectivity index (χ4n) is 3.53. The first kappa shape index (κ1) is 29.8. The quantitative estimate of drug-likeness (QED) is 0.138. The molecular formula is C24H33N7O7. The molecule has 2 rings (SSSR count). The Hall–Kier alpha value is -4.46. The molecule has 1 aromatic heterocycles. The molecule has 10 N–H and O–H groups in total. The number of carboxylic acids is 1. The molecule has 0 saturated heterocycles. The lowest BCUT2D eigenvalue weighted by Crippen LogP contribution is -2.59. The van der Waals surface area contributed by atoms with E-state index in [0.717, 1.165) is 0 Å². The first-order valence-electron chi connectivity index (χ1n) is 11.8. The van der Waals surface area contributed by atoms with Gasteiger partial charge >= 0.3 is 5.97 Å². The van der Waals surface area contributed by atoms with E-state index in [-0.39, 0.29) is 18.6 Å². The summed E-state index contributed by atoms with van der Waals surface area (Å²) in [4.78, 5) is 68.6. The van der Waals surface area contributed by atoms with Crippen molar-refractivity contribution < 1.29 is 34.2 Å². The summed E-state index contributed by atoms with van der Waals surface area (Å²) in [5.74, 6) is -5.07. The second kappa shape index (κ2) is 13.7. The maximum atomic E-state index is 13.0. The van der Waals surface area contributed by atoms with Gasteiger partial charge < -0.3 is 42.6 Å². The summed E-state index contributed by atoms with van der Waals surface area (Å²) in [5.41, 5.74) is 12.3. The Balaban J connectivity index is 2.10. The zero-order chi connectivity index (χ0) is 28.4. The molecule has 4 unspecified atom stereocenters. The van der Waals surface area contributed by atoms with Crippen LogP contribution in [0.5, 0.6) is 5.75 Å². The number of amides is 4. The highest BCUT2D eigenvalue weighted by Crippen LogP contribution is 2.12. The predicted octanol–water partition coefficient (Wildman–Crippen LogP) is -1.70. The standard InChI is InChI=1S/C24H33N7O7/c1-12(2)20(31-21(34)16(25)8-14-10-27-11-28-14)23(36)29-17(9-19(26)33)22(35)30-18(24(37)38)7-13-3-5-15(32)6-4-13/h3-6,10-12,16-18,20,32H,7-9,25H2,1-2H3,(H2,26,33)(H,27,28)(H,29,36)(H,30,35)(H,31,34)(H,37,38). The molecule has 0 aliphatic carbocycles. The molecule has 0 aliphatic heterocycles. The minimum Gasteiger partial charge on any atom is -0.508 e. The smallest absolute Gasteiger partial charge is 0.326 e. The molecule has 0 radical (unpaired) electrons. The van der Waals surface area contributed by atoms with Crippen molar-refractivity contribution >= 4 is 29.6 Å². The number of benzene rings is 1. The summed E-state index contributed by atoms with van der Waals surface area (Å²) in [5, 5.41) is 26.2. The van der Waals surface area contributed by atoms with Crippen LogP contribution in [-0.2, 0) is 36.8 Å². The van der Waals surface area contributed by atoms with Crippen LogP contribution < -0.4 is 27.4 Å². The molecule has 206 valence electrons. The molecule has 2 aromatic rings. The maximum Gasteiger partial charge on any atom is 0.326 e. The van der Waals surface area contributed by atoms with E-state index in [4.69, 9.17) is 11.5 Å². The molecule has 0 aliphatic rings. The number of H-pyrrole nitrogens is 1. The number of aliphatic carboxylic acids is 1. The third-order valence-corrected chi connectivity index (χ3v) is 5.61. The van der Waals surface area contributed by atoms with Crippen LogP contribution >= 0.6 is 0 Å². The lowest BCUT2D eigenvalue weighted by Gasteiger charge is -2.26. The summed E-state index contributed by atoms with van der Waals surface area (Å²) in [6, 6.07) is 0.705. The van der Waals surface area contributed by atoms with Crippen LogP contribution in [0.4, 0.5) is 0 Å². The van der Waals surface area contributed by atoms with Crippen molar-refractivity contribution in [2.45, 2.75) is 57.3 Å². The van der Waals surface area contributed by atoms with Crippen molar-refractivity contribution in [2.75, 3.05) is 0 Å². The molecule has 0 bridgehead atoms. The number of nitrogens with zero attached hydrogens (tertiary/aromatic N) is 1. The number of carbonyl (C=O) groups is 5. The summed E-state index contributed by atoms with van der Waals surface area (Å²) in [6.07, 6.45) is 2.36. The van der Waals surface area contributed by atoms with Crippen molar-refractivity contribution in [1.82, 2.24) is 25.9 Å². The largest absolute Gasteiger partial charge is 0.508 e.